The number of nitrogens with zero attached hydrogens (tertiary/aromatic N) is 5. The monoisotopic (exact) mass is 556 g/mol. The summed E-state index contributed by atoms with van der Waals surface area (Å²) in [5.41, 5.74) is 2.46. The van der Waals surface area contributed by atoms with Crippen molar-refractivity contribution in [3.05, 3.63) is 69.7 Å². The molecule has 11 heteroatoms. The Bertz CT molecular complexity index is 1340. The Labute approximate surface area is 215 Å². The van der Waals surface area contributed by atoms with Gasteiger partial charge >= 0.3 is 0 Å². The number of pyridine rings is 2. The van der Waals surface area contributed by atoms with E-state index in [0.29, 0.717) is 50.6 Å². The molecule has 0 atom stereocenters. The van der Waals surface area contributed by atoms with Crippen LogP contribution in [0.4, 0.5) is 5.82 Å². The van der Waals surface area contributed by atoms with Gasteiger partial charge in [-0.25, -0.2) is 4.98 Å². The van der Waals surface area contributed by atoms with E-state index in [1.54, 1.807) is 37.4 Å². The van der Waals surface area contributed by atoms with Crippen molar-refractivity contribution in [1.82, 2.24) is 25.0 Å². The van der Waals surface area contributed by atoms with Gasteiger partial charge in [-0.15, -0.1) is 0 Å². The van der Waals surface area contributed by atoms with E-state index in [1.165, 1.54) is 6.20 Å². The van der Waals surface area contributed by atoms with Gasteiger partial charge < -0.3 is 19.5 Å². The van der Waals surface area contributed by atoms with Gasteiger partial charge in [-0.2, -0.15) is 4.98 Å². The lowest BCUT2D eigenvalue weighted by Gasteiger charge is -2.13. The van der Waals surface area contributed by atoms with Crippen molar-refractivity contribution in [2.45, 2.75) is 6.92 Å². The second-order valence-corrected chi connectivity index (χ2v) is 9.13. The molecule has 4 aromatic rings. The molecule has 0 fully saturated rings. The quantitative estimate of drug-likeness (QED) is 0.319. The molecule has 0 bridgehead atoms. The van der Waals surface area contributed by atoms with Crippen LogP contribution >= 0.6 is 27.5 Å². The predicted octanol–water partition coefficient (Wildman–Crippen LogP) is 5.11. The first-order valence-corrected chi connectivity index (χ1v) is 11.8. The lowest BCUT2D eigenvalue weighted by Crippen LogP contribution is -2.19. The Morgan fingerprint density at radius 1 is 1.17 bits per heavy atom. The van der Waals surface area contributed by atoms with Gasteiger partial charge in [0.15, 0.2) is 0 Å². The minimum atomic E-state index is -0.341. The molecule has 0 saturated carbocycles. The zero-order valence-electron chi connectivity index (χ0n) is 19.2. The van der Waals surface area contributed by atoms with E-state index in [0.717, 1.165) is 17.7 Å². The first kappa shape index (κ1) is 24.8. The zero-order valence-corrected chi connectivity index (χ0v) is 21.6. The van der Waals surface area contributed by atoms with Gasteiger partial charge in [0.2, 0.25) is 11.7 Å². The van der Waals surface area contributed by atoms with Crippen LogP contribution in [-0.4, -0.2) is 58.2 Å². The zero-order chi connectivity index (χ0) is 24.9. The number of halogens is 2. The highest BCUT2D eigenvalue weighted by atomic mass is 79.9. The van der Waals surface area contributed by atoms with Gasteiger partial charge in [-0.05, 0) is 48.2 Å². The minimum Gasteiger partial charge on any atom is -0.491 e. The molecular weight excluding hydrogens is 536 g/mol. The lowest BCUT2D eigenvalue weighted by atomic mass is 10.1. The summed E-state index contributed by atoms with van der Waals surface area (Å²) in [6.07, 6.45) is 3.08. The van der Waals surface area contributed by atoms with Gasteiger partial charge in [0, 0.05) is 43.1 Å². The van der Waals surface area contributed by atoms with Gasteiger partial charge in [-0.3, -0.25) is 9.78 Å². The van der Waals surface area contributed by atoms with Gasteiger partial charge in [-0.1, -0.05) is 28.9 Å². The van der Waals surface area contributed by atoms with E-state index in [2.05, 4.69) is 41.4 Å². The number of likely N-dealkylation sites (N-methyl/N-ethyl adjacent to an activating group) is 1. The maximum atomic E-state index is 12.7. The number of ether oxygens (including phenoxy) is 1. The summed E-state index contributed by atoms with van der Waals surface area (Å²) in [6, 6.07) is 10.5. The Morgan fingerprint density at radius 3 is 2.66 bits per heavy atom. The molecule has 0 aliphatic rings. The van der Waals surface area contributed by atoms with Crippen molar-refractivity contribution in [1.29, 1.82) is 0 Å². The highest BCUT2D eigenvalue weighted by molar-refractivity contribution is 9.10. The molecule has 1 aromatic carbocycles. The molecule has 0 spiro atoms. The number of amides is 1. The molecule has 0 radical (unpaired) electrons. The third-order valence-corrected chi connectivity index (χ3v) is 5.82. The third-order valence-electron chi connectivity index (χ3n) is 4.91. The van der Waals surface area contributed by atoms with Gasteiger partial charge in [0.05, 0.1) is 20.8 Å². The van der Waals surface area contributed by atoms with Crippen LogP contribution in [0.5, 0.6) is 5.75 Å². The summed E-state index contributed by atoms with van der Waals surface area (Å²) in [6.45, 7) is 2.99. The Morgan fingerprint density at radius 2 is 2.00 bits per heavy atom. The summed E-state index contributed by atoms with van der Waals surface area (Å²) < 4.78 is 11.5. The lowest BCUT2D eigenvalue weighted by molar-refractivity contribution is 0.102. The molecule has 0 aliphatic heterocycles. The first-order valence-electron chi connectivity index (χ1n) is 10.6. The van der Waals surface area contributed by atoms with Crippen LogP contribution in [0.3, 0.4) is 0 Å². The Kier molecular flexibility index (Phi) is 7.74. The fourth-order valence-corrected chi connectivity index (χ4v) is 3.70. The van der Waals surface area contributed by atoms with E-state index >= 15 is 0 Å². The van der Waals surface area contributed by atoms with Crippen LogP contribution in [0.25, 0.3) is 22.6 Å². The molecule has 0 aliphatic carbocycles. The molecular formula is C24H22BrClN6O3. The number of nitrogens with one attached hydrogen (secondary N) is 1. The summed E-state index contributed by atoms with van der Waals surface area (Å²) in [4.78, 5) is 27.6. The van der Waals surface area contributed by atoms with Gasteiger partial charge in [0.25, 0.3) is 5.91 Å². The van der Waals surface area contributed by atoms with Crippen LogP contribution < -0.4 is 10.1 Å². The molecule has 9 nitrogen and oxygen atoms in total. The Hall–Kier alpha value is -3.34. The van der Waals surface area contributed by atoms with Crippen molar-refractivity contribution in [2.75, 3.05) is 32.6 Å². The SMILES string of the molecule is Cc1nc(-c2ccc(-c3ccc(C(=O)Nc4cc(OCCN(C)C)c(Br)cn4)cn3)c(Cl)c2)no1. The van der Waals surface area contributed by atoms with Crippen molar-refractivity contribution in [2.24, 2.45) is 0 Å². The number of rotatable bonds is 8. The highest BCUT2D eigenvalue weighted by Gasteiger charge is 2.13. The van der Waals surface area contributed by atoms with Crippen LogP contribution in [0.2, 0.25) is 5.02 Å². The minimum absolute atomic E-state index is 0.341. The molecule has 0 unspecified atom stereocenters. The standard InChI is InChI=1S/C24H22BrClN6O3/c1-14-29-23(31-35-14)15-4-6-17(19(26)10-15)20-7-5-16(12-27-20)24(33)30-22-11-21(18(25)13-28-22)34-9-8-32(2)3/h4-7,10-13H,8-9H2,1-3H3,(H,28,30,33). The molecule has 4 rings (SSSR count). The summed E-state index contributed by atoms with van der Waals surface area (Å²) in [5, 5.41) is 7.16. The largest absolute Gasteiger partial charge is 0.491 e. The second kappa shape index (κ2) is 10.9. The molecule has 180 valence electrons. The van der Waals surface area contributed by atoms with E-state index in [-0.39, 0.29) is 5.91 Å². The number of carbonyl (C=O) groups is 1. The summed E-state index contributed by atoms with van der Waals surface area (Å²) in [5.74, 6) is 1.56. The predicted molar refractivity (Wildman–Crippen MR) is 137 cm³/mol. The van der Waals surface area contributed by atoms with Crippen LogP contribution in [0.15, 0.2) is 57.8 Å². The number of anilines is 1. The maximum absolute atomic E-state index is 12.7. The fraction of sp³-hybridized carbons (Fsp3) is 0.208. The van der Waals surface area contributed by atoms with E-state index in [9.17, 15) is 4.79 Å². The topological polar surface area (TPSA) is 106 Å². The number of aromatic nitrogens is 4. The smallest absolute Gasteiger partial charge is 0.258 e. The molecule has 1 N–H and O–H groups in total. The fourth-order valence-electron chi connectivity index (χ4n) is 3.09. The number of hydrogen-bond acceptors (Lipinski definition) is 8. The van der Waals surface area contributed by atoms with Crippen molar-refractivity contribution >= 4 is 39.3 Å². The van der Waals surface area contributed by atoms with Crippen LogP contribution in [-0.2, 0) is 0 Å². The van der Waals surface area contributed by atoms with Crippen molar-refractivity contribution < 1.29 is 14.1 Å². The average molecular weight is 558 g/mol. The summed E-state index contributed by atoms with van der Waals surface area (Å²) in [7, 11) is 3.94. The number of aryl methyl sites for hydroxylation is 1. The normalized spacial score (nSPS) is 11.0. The maximum Gasteiger partial charge on any atom is 0.258 e. The summed E-state index contributed by atoms with van der Waals surface area (Å²) >= 11 is 9.90. The van der Waals surface area contributed by atoms with Crippen LogP contribution in [0, 0.1) is 6.92 Å². The van der Waals surface area contributed by atoms with Crippen molar-refractivity contribution in [3.63, 3.8) is 0 Å². The molecule has 0 saturated heterocycles. The second-order valence-electron chi connectivity index (χ2n) is 7.87. The average Bonchev–Trinajstić information content (AvgIpc) is 3.27. The number of hydrogen-bond donors (Lipinski definition) is 1. The van der Waals surface area contributed by atoms with E-state index in [4.69, 9.17) is 20.9 Å². The van der Waals surface area contributed by atoms with Crippen molar-refractivity contribution in [3.8, 4) is 28.4 Å². The van der Waals surface area contributed by atoms with E-state index < -0.39 is 0 Å². The van der Waals surface area contributed by atoms with E-state index in [1.807, 2.05) is 31.1 Å². The molecule has 3 aromatic heterocycles. The first-order chi connectivity index (χ1) is 16.8. The third kappa shape index (κ3) is 6.21. The molecule has 1 amide bonds. The van der Waals surface area contributed by atoms with Gasteiger partial charge in [0.1, 0.15) is 18.2 Å². The molecule has 3 heterocycles. The van der Waals surface area contributed by atoms with Crippen LogP contribution in [0.1, 0.15) is 16.2 Å². The molecule has 35 heavy (non-hydrogen) atoms. The number of benzene rings is 1. The number of carbonyl (C=O) groups excluding carboxylic acids is 1. The Balaban J connectivity index is 1.45. The highest BCUT2D eigenvalue weighted by Crippen LogP contribution is 2.31.